The van der Waals surface area contributed by atoms with Crippen LogP contribution in [0.3, 0.4) is 0 Å². The van der Waals surface area contributed by atoms with Crippen LogP contribution in [0.2, 0.25) is 0 Å². The molecule has 2 aromatic carbocycles. The maximum Gasteiger partial charge on any atom is 0.255 e. The molecule has 0 bridgehead atoms. The molecule has 0 saturated carbocycles. The second-order valence-electron chi connectivity index (χ2n) is 7.19. The number of benzene rings is 2. The first-order chi connectivity index (χ1) is 14.0. The first kappa shape index (κ1) is 20.7. The highest BCUT2D eigenvalue weighted by atomic mass is 16.5. The zero-order valence-electron chi connectivity index (χ0n) is 16.8. The predicted octanol–water partition coefficient (Wildman–Crippen LogP) is 2.65. The molecule has 3 N–H and O–H groups in total. The smallest absolute Gasteiger partial charge is 0.255 e. The Morgan fingerprint density at radius 2 is 1.83 bits per heavy atom. The van der Waals surface area contributed by atoms with Crippen molar-refractivity contribution in [3.05, 3.63) is 53.6 Å². The number of primary amides is 1. The molecule has 1 heterocycles. The van der Waals surface area contributed by atoms with E-state index in [1.54, 1.807) is 32.4 Å². The van der Waals surface area contributed by atoms with Gasteiger partial charge in [-0.1, -0.05) is 18.2 Å². The fourth-order valence-electron chi connectivity index (χ4n) is 3.59. The van der Waals surface area contributed by atoms with Crippen molar-refractivity contribution in [2.75, 3.05) is 32.6 Å². The number of amides is 2. The number of nitrogens with two attached hydrogens (primary N) is 1. The molecule has 0 spiro atoms. The van der Waals surface area contributed by atoms with E-state index >= 15 is 0 Å². The second-order valence-corrected chi connectivity index (χ2v) is 7.19. The van der Waals surface area contributed by atoms with Crippen LogP contribution in [0.4, 0.5) is 5.69 Å². The summed E-state index contributed by atoms with van der Waals surface area (Å²) in [7, 11) is 3.09. The van der Waals surface area contributed by atoms with Crippen LogP contribution in [0.5, 0.6) is 11.5 Å². The molecule has 1 aliphatic rings. The lowest BCUT2D eigenvalue weighted by Crippen LogP contribution is -2.40. The Bertz CT molecular complexity index is 862. The number of para-hydroxylation sites is 1. The zero-order valence-corrected chi connectivity index (χ0v) is 16.8. The van der Waals surface area contributed by atoms with Gasteiger partial charge in [0.15, 0.2) is 0 Å². The van der Waals surface area contributed by atoms with E-state index in [2.05, 4.69) is 10.2 Å². The van der Waals surface area contributed by atoms with Gasteiger partial charge in [0.05, 0.1) is 20.1 Å². The lowest BCUT2D eigenvalue weighted by Gasteiger charge is -2.31. The van der Waals surface area contributed by atoms with E-state index in [1.165, 1.54) is 0 Å². The number of anilines is 1. The molecule has 1 atom stereocenters. The number of nitrogens with one attached hydrogen (secondary N) is 1. The van der Waals surface area contributed by atoms with Crippen LogP contribution in [0, 0.1) is 5.92 Å². The van der Waals surface area contributed by atoms with Gasteiger partial charge in [-0.25, -0.2) is 0 Å². The normalized spacial score (nSPS) is 16.8. The Balaban J connectivity index is 1.75. The van der Waals surface area contributed by atoms with Gasteiger partial charge in [0.1, 0.15) is 11.5 Å². The molecule has 154 valence electrons. The third-order valence-electron chi connectivity index (χ3n) is 5.18. The topological polar surface area (TPSA) is 93.9 Å². The summed E-state index contributed by atoms with van der Waals surface area (Å²) in [6, 6.07) is 12.7. The van der Waals surface area contributed by atoms with Crippen molar-refractivity contribution >= 4 is 17.5 Å². The van der Waals surface area contributed by atoms with E-state index in [9.17, 15) is 9.59 Å². The Morgan fingerprint density at radius 1 is 1.14 bits per heavy atom. The summed E-state index contributed by atoms with van der Waals surface area (Å²) >= 11 is 0. The fourth-order valence-corrected chi connectivity index (χ4v) is 3.59. The largest absolute Gasteiger partial charge is 0.497 e. The quantitative estimate of drug-likeness (QED) is 0.749. The SMILES string of the molecule is COc1cc(OC)cc(C(=O)Nc2ccccc2CN2CCCC(C(N)=O)C2)c1. The van der Waals surface area contributed by atoms with Crippen LogP contribution in [-0.4, -0.2) is 44.0 Å². The summed E-state index contributed by atoms with van der Waals surface area (Å²) in [5, 5.41) is 2.98. The molecule has 7 nitrogen and oxygen atoms in total. The summed E-state index contributed by atoms with van der Waals surface area (Å²) in [5.41, 5.74) is 7.66. The van der Waals surface area contributed by atoms with Crippen molar-refractivity contribution in [1.82, 2.24) is 4.90 Å². The van der Waals surface area contributed by atoms with Crippen molar-refractivity contribution in [2.45, 2.75) is 19.4 Å². The highest BCUT2D eigenvalue weighted by Crippen LogP contribution is 2.25. The van der Waals surface area contributed by atoms with Gasteiger partial charge < -0.3 is 20.5 Å². The molecule has 1 saturated heterocycles. The molecule has 3 rings (SSSR count). The van der Waals surface area contributed by atoms with Crippen molar-refractivity contribution < 1.29 is 19.1 Å². The summed E-state index contributed by atoms with van der Waals surface area (Å²) in [4.78, 5) is 26.6. The molecule has 2 aromatic rings. The summed E-state index contributed by atoms with van der Waals surface area (Å²) < 4.78 is 10.5. The van der Waals surface area contributed by atoms with Crippen molar-refractivity contribution in [1.29, 1.82) is 0 Å². The van der Waals surface area contributed by atoms with E-state index in [0.717, 1.165) is 30.6 Å². The van der Waals surface area contributed by atoms with E-state index in [-0.39, 0.29) is 17.7 Å². The molecule has 29 heavy (non-hydrogen) atoms. The monoisotopic (exact) mass is 397 g/mol. The Labute approximate surface area is 170 Å². The molecule has 0 radical (unpaired) electrons. The van der Waals surface area contributed by atoms with Crippen molar-refractivity contribution in [3.63, 3.8) is 0 Å². The minimum Gasteiger partial charge on any atom is -0.497 e. The number of likely N-dealkylation sites (tertiary alicyclic amines) is 1. The Kier molecular flexibility index (Phi) is 6.72. The number of carbonyl (C=O) groups is 2. The van der Waals surface area contributed by atoms with E-state index < -0.39 is 0 Å². The van der Waals surface area contributed by atoms with Gasteiger partial charge in [0, 0.05) is 30.4 Å². The van der Waals surface area contributed by atoms with Gasteiger partial charge in [-0.2, -0.15) is 0 Å². The minimum atomic E-state index is -0.247. The summed E-state index contributed by atoms with van der Waals surface area (Å²) in [5.74, 6) is 0.489. The van der Waals surface area contributed by atoms with Crippen LogP contribution in [0.15, 0.2) is 42.5 Å². The Morgan fingerprint density at radius 3 is 2.48 bits per heavy atom. The van der Waals surface area contributed by atoms with Gasteiger partial charge in [-0.3, -0.25) is 14.5 Å². The van der Waals surface area contributed by atoms with Crippen LogP contribution >= 0.6 is 0 Å². The van der Waals surface area contributed by atoms with Gasteiger partial charge in [-0.05, 0) is 43.1 Å². The summed E-state index contributed by atoms with van der Waals surface area (Å²) in [6.45, 7) is 2.19. The van der Waals surface area contributed by atoms with Gasteiger partial charge in [-0.15, -0.1) is 0 Å². The van der Waals surface area contributed by atoms with Crippen LogP contribution in [0.25, 0.3) is 0 Å². The average Bonchev–Trinajstić information content (AvgIpc) is 2.74. The molecule has 7 heteroatoms. The van der Waals surface area contributed by atoms with Gasteiger partial charge in [0.25, 0.3) is 5.91 Å². The van der Waals surface area contributed by atoms with Crippen molar-refractivity contribution in [3.8, 4) is 11.5 Å². The first-order valence-electron chi connectivity index (χ1n) is 9.64. The molecule has 1 unspecified atom stereocenters. The summed E-state index contributed by atoms with van der Waals surface area (Å²) in [6.07, 6.45) is 1.77. The molecular formula is C22H27N3O4. The minimum absolute atomic E-state index is 0.116. The number of methoxy groups -OCH3 is 2. The lowest BCUT2D eigenvalue weighted by molar-refractivity contribution is -0.123. The zero-order chi connectivity index (χ0) is 20.8. The number of piperidine rings is 1. The molecule has 1 fully saturated rings. The molecule has 1 aliphatic heterocycles. The van der Waals surface area contributed by atoms with Crippen LogP contribution < -0.4 is 20.5 Å². The first-order valence-corrected chi connectivity index (χ1v) is 9.64. The number of hydrogen-bond acceptors (Lipinski definition) is 5. The molecular weight excluding hydrogens is 370 g/mol. The highest BCUT2D eigenvalue weighted by Gasteiger charge is 2.24. The van der Waals surface area contributed by atoms with E-state index in [0.29, 0.717) is 30.2 Å². The number of nitrogens with zero attached hydrogens (tertiary/aromatic N) is 1. The Hall–Kier alpha value is -3.06. The fraction of sp³-hybridized carbons (Fsp3) is 0.364. The van der Waals surface area contributed by atoms with Crippen LogP contribution in [0.1, 0.15) is 28.8 Å². The predicted molar refractivity (Wildman–Crippen MR) is 111 cm³/mol. The lowest BCUT2D eigenvalue weighted by atomic mass is 9.97. The van der Waals surface area contributed by atoms with Crippen LogP contribution in [-0.2, 0) is 11.3 Å². The third kappa shape index (κ3) is 5.26. The maximum atomic E-state index is 12.8. The van der Waals surface area contributed by atoms with Gasteiger partial charge in [0.2, 0.25) is 5.91 Å². The maximum absolute atomic E-state index is 12.8. The van der Waals surface area contributed by atoms with Crippen molar-refractivity contribution in [2.24, 2.45) is 11.7 Å². The van der Waals surface area contributed by atoms with E-state index in [4.69, 9.17) is 15.2 Å². The standard InChI is InChI=1S/C22H27N3O4/c1-28-18-10-17(11-19(12-18)29-2)22(27)24-20-8-4-3-6-15(20)13-25-9-5-7-16(14-25)21(23)26/h3-4,6,8,10-12,16H,5,7,9,13-14H2,1-2H3,(H2,23,26)(H,24,27). The number of ether oxygens (including phenoxy) is 2. The molecule has 0 aromatic heterocycles. The molecule has 0 aliphatic carbocycles. The molecule has 2 amide bonds. The number of hydrogen-bond donors (Lipinski definition) is 2. The average molecular weight is 397 g/mol. The van der Waals surface area contributed by atoms with E-state index in [1.807, 2.05) is 24.3 Å². The second kappa shape index (κ2) is 9.43. The number of rotatable bonds is 7. The number of carbonyl (C=O) groups excluding carboxylic acids is 2. The third-order valence-corrected chi connectivity index (χ3v) is 5.18. The highest BCUT2D eigenvalue weighted by molar-refractivity contribution is 6.05. The van der Waals surface area contributed by atoms with Gasteiger partial charge >= 0.3 is 0 Å².